The molecule has 2 aromatic heterocycles. The Morgan fingerprint density at radius 2 is 2.12 bits per heavy atom. The van der Waals surface area contributed by atoms with Crippen molar-refractivity contribution in [3.63, 3.8) is 0 Å². The van der Waals surface area contributed by atoms with Crippen LogP contribution in [0.4, 0.5) is 5.69 Å². The zero-order valence-corrected chi connectivity index (χ0v) is 13.6. The Balaban J connectivity index is 1.59. The molecule has 7 nitrogen and oxygen atoms in total. The highest BCUT2D eigenvalue weighted by Crippen LogP contribution is 2.21. The Morgan fingerprint density at radius 1 is 1.25 bits per heavy atom. The van der Waals surface area contributed by atoms with Crippen LogP contribution in [0.5, 0.6) is 0 Å². The van der Waals surface area contributed by atoms with Crippen LogP contribution in [0.3, 0.4) is 0 Å². The standard InChI is InChI=1S/C16H14N4O3S/c1-10-19-20-16(23-10)11-3-2-4-13(7-11)18-14(21)8-17-15(22)12-5-6-24-9-12/h2-7,9H,8H2,1H3,(H,17,22)(H,18,21). The summed E-state index contributed by atoms with van der Waals surface area (Å²) in [6.07, 6.45) is 0. The van der Waals surface area contributed by atoms with Crippen molar-refractivity contribution < 1.29 is 14.0 Å². The van der Waals surface area contributed by atoms with Gasteiger partial charge in [0.25, 0.3) is 5.91 Å². The first-order valence-electron chi connectivity index (χ1n) is 7.12. The highest BCUT2D eigenvalue weighted by atomic mass is 32.1. The van der Waals surface area contributed by atoms with Crippen molar-refractivity contribution >= 4 is 28.8 Å². The quantitative estimate of drug-likeness (QED) is 0.742. The molecule has 0 radical (unpaired) electrons. The predicted molar refractivity (Wildman–Crippen MR) is 89.8 cm³/mol. The Kier molecular flexibility index (Phi) is 4.66. The molecule has 24 heavy (non-hydrogen) atoms. The Labute approximate surface area is 141 Å². The molecule has 2 amide bonds. The summed E-state index contributed by atoms with van der Waals surface area (Å²) >= 11 is 1.42. The number of amides is 2. The number of benzene rings is 1. The number of nitrogens with one attached hydrogen (secondary N) is 2. The molecule has 0 saturated carbocycles. The van der Waals surface area contributed by atoms with Crippen LogP contribution in [0.2, 0.25) is 0 Å². The Bertz CT molecular complexity index is 858. The minimum Gasteiger partial charge on any atom is -0.421 e. The van der Waals surface area contributed by atoms with Gasteiger partial charge in [-0.3, -0.25) is 9.59 Å². The van der Waals surface area contributed by atoms with Crippen molar-refractivity contribution in [2.75, 3.05) is 11.9 Å². The molecular formula is C16H14N4O3S. The molecule has 0 spiro atoms. The number of anilines is 1. The highest BCUT2D eigenvalue weighted by Gasteiger charge is 2.10. The van der Waals surface area contributed by atoms with E-state index in [1.807, 2.05) is 0 Å². The molecule has 0 aliphatic carbocycles. The minimum absolute atomic E-state index is 0.113. The minimum atomic E-state index is -0.322. The third kappa shape index (κ3) is 3.85. The molecule has 3 rings (SSSR count). The van der Waals surface area contributed by atoms with E-state index in [4.69, 9.17) is 4.42 Å². The number of carbonyl (C=O) groups is 2. The summed E-state index contributed by atoms with van der Waals surface area (Å²) in [6, 6.07) is 8.75. The number of rotatable bonds is 5. The van der Waals surface area contributed by atoms with Crippen molar-refractivity contribution in [3.05, 3.63) is 52.5 Å². The Hall–Kier alpha value is -3.00. The normalized spacial score (nSPS) is 10.4. The summed E-state index contributed by atoms with van der Waals surface area (Å²) in [4.78, 5) is 23.8. The molecule has 0 atom stereocenters. The van der Waals surface area contributed by atoms with Crippen molar-refractivity contribution in [1.82, 2.24) is 15.5 Å². The van der Waals surface area contributed by atoms with E-state index in [0.29, 0.717) is 28.6 Å². The lowest BCUT2D eigenvalue weighted by Crippen LogP contribution is -2.32. The van der Waals surface area contributed by atoms with E-state index >= 15 is 0 Å². The molecule has 0 aliphatic heterocycles. The van der Waals surface area contributed by atoms with Gasteiger partial charge >= 0.3 is 0 Å². The molecule has 0 saturated heterocycles. The molecule has 0 unspecified atom stereocenters. The van der Waals surface area contributed by atoms with E-state index in [1.54, 1.807) is 48.0 Å². The number of hydrogen-bond acceptors (Lipinski definition) is 6. The van der Waals surface area contributed by atoms with E-state index in [0.717, 1.165) is 0 Å². The second kappa shape index (κ2) is 7.05. The molecule has 3 aromatic rings. The van der Waals surface area contributed by atoms with Gasteiger partial charge in [0.2, 0.25) is 17.7 Å². The van der Waals surface area contributed by atoms with Gasteiger partial charge in [0.15, 0.2) is 0 Å². The highest BCUT2D eigenvalue weighted by molar-refractivity contribution is 7.08. The summed E-state index contributed by atoms with van der Waals surface area (Å²) in [5, 5.41) is 16.5. The molecule has 2 N–H and O–H groups in total. The van der Waals surface area contributed by atoms with Gasteiger partial charge in [-0.05, 0) is 29.6 Å². The summed E-state index contributed by atoms with van der Waals surface area (Å²) in [7, 11) is 0. The monoisotopic (exact) mass is 342 g/mol. The number of hydrogen-bond donors (Lipinski definition) is 2. The van der Waals surface area contributed by atoms with Gasteiger partial charge in [-0.2, -0.15) is 11.3 Å². The second-order valence-corrected chi connectivity index (χ2v) is 5.73. The van der Waals surface area contributed by atoms with Gasteiger partial charge in [0, 0.05) is 29.1 Å². The largest absolute Gasteiger partial charge is 0.421 e. The molecule has 0 fully saturated rings. The number of thiophene rings is 1. The first-order chi connectivity index (χ1) is 11.6. The Morgan fingerprint density at radius 3 is 2.83 bits per heavy atom. The zero-order chi connectivity index (χ0) is 16.9. The number of nitrogens with zero attached hydrogens (tertiary/aromatic N) is 2. The lowest BCUT2D eigenvalue weighted by Gasteiger charge is -2.07. The summed E-state index contributed by atoms with van der Waals surface area (Å²) in [6.45, 7) is 1.59. The maximum atomic E-state index is 12.0. The second-order valence-electron chi connectivity index (χ2n) is 4.95. The molecule has 2 heterocycles. The maximum Gasteiger partial charge on any atom is 0.252 e. The van der Waals surface area contributed by atoms with Crippen LogP contribution in [-0.4, -0.2) is 28.6 Å². The summed E-state index contributed by atoms with van der Waals surface area (Å²) in [5.41, 5.74) is 1.83. The van der Waals surface area contributed by atoms with Gasteiger partial charge in [-0.15, -0.1) is 10.2 Å². The molecule has 1 aromatic carbocycles. The van der Waals surface area contributed by atoms with Crippen LogP contribution in [0.15, 0.2) is 45.5 Å². The van der Waals surface area contributed by atoms with Crippen LogP contribution in [0, 0.1) is 6.92 Å². The first-order valence-corrected chi connectivity index (χ1v) is 8.07. The fraction of sp³-hybridized carbons (Fsp3) is 0.125. The van der Waals surface area contributed by atoms with E-state index in [1.165, 1.54) is 11.3 Å². The van der Waals surface area contributed by atoms with Gasteiger partial charge < -0.3 is 15.1 Å². The smallest absolute Gasteiger partial charge is 0.252 e. The van der Waals surface area contributed by atoms with Crippen molar-refractivity contribution in [1.29, 1.82) is 0 Å². The van der Waals surface area contributed by atoms with Crippen molar-refractivity contribution in [3.8, 4) is 11.5 Å². The van der Waals surface area contributed by atoms with E-state index in [9.17, 15) is 9.59 Å². The van der Waals surface area contributed by atoms with Crippen molar-refractivity contribution in [2.45, 2.75) is 6.92 Å². The van der Waals surface area contributed by atoms with Crippen LogP contribution < -0.4 is 10.6 Å². The molecule has 122 valence electrons. The zero-order valence-electron chi connectivity index (χ0n) is 12.8. The predicted octanol–water partition coefficient (Wildman–Crippen LogP) is 2.48. The summed E-state index contributed by atoms with van der Waals surface area (Å²) in [5.74, 6) is 0.254. The molecule has 0 aliphatic rings. The number of aryl methyl sites for hydroxylation is 1. The van der Waals surface area contributed by atoms with Gasteiger partial charge in [-0.25, -0.2) is 0 Å². The van der Waals surface area contributed by atoms with Gasteiger partial charge in [0.1, 0.15) is 0 Å². The fourth-order valence-electron chi connectivity index (χ4n) is 2.00. The van der Waals surface area contributed by atoms with Crippen LogP contribution in [0.25, 0.3) is 11.5 Å². The number of carbonyl (C=O) groups excluding carboxylic acids is 2. The van der Waals surface area contributed by atoms with Gasteiger partial charge in [-0.1, -0.05) is 6.07 Å². The number of aromatic nitrogens is 2. The molecular weight excluding hydrogens is 328 g/mol. The van der Waals surface area contributed by atoms with Crippen LogP contribution in [-0.2, 0) is 4.79 Å². The first kappa shape index (κ1) is 15.9. The summed E-state index contributed by atoms with van der Waals surface area (Å²) < 4.78 is 5.36. The average molecular weight is 342 g/mol. The lowest BCUT2D eigenvalue weighted by atomic mass is 10.2. The van der Waals surface area contributed by atoms with E-state index < -0.39 is 0 Å². The van der Waals surface area contributed by atoms with E-state index in [2.05, 4.69) is 20.8 Å². The lowest BCUT2D eigenvalue weighted by molar-refractivity contribution is -0.115. The topological polar surface area (TPSA) is 97.1 Å². The fourth-order valence-corrected chi connectivity index (χ4v) is 2.64. The van der Waals surface area contributed by atoms with E-state index in [-0.39, 0.29) is 18.4 Å². The van der Waals surface area contributed by atoms with Crippen LogP contribution >= 0.6 is 11.3 Å². The maximum absolute atomic E-state index is 12.0. The molecule has 0 bridgehead atoms. The average Bonchev–Trinajstić information content (AvgIpc) is 3.24. The molecule has 8 heteroatoms. The third-order valence-electron chi connectivity index (χ3n) is 3.11. The van der Waals surface area contributed by atoms with Crippen molar-refractivity contribution in [2.24, 2.45) is 0 Å². The third-order valence-corrected chi connectivity index (χ3v) is 3.80. The van der Waals surface area contributed by atoms with Crippen LogP contribution in [0.1, 0.15) is 16.2 Å². The van der Waals surface area contributed by atoms with Gasteiger partial charge in [0.05, 0.1) is 6.54 Å². The SMILES string of the molecule is Cc1nnc(-c2cccc(NC(=O)CNC(=O)c3ccsc3)c2)o1.